The molecule has 0 bridgehead atoms. The van der Waals surface area contributed by atoms with Crippen molar-refractivity contribution in [1.82, 2.24) is 0 Å². The highest BCUT2D eigenvalue weighted by atomic mass is 16.1. The summed E-state index contributed by atoms with van der Waals surface area (Å²) in [4.78, 5) is 10.8. The maximum Gasteiger partial charge on any atom is 0.126 e. The van der Waals surface area contributed by atoms with Gasteiger partial charge in [0.25, 0.3) is 0 Å². The first-order valence-corrected chi connectivity index (χ1v) is 4.34. The Morgan fingerprint density at radius 2 is 1.80 bits per heavy atom. The van der Waals surface area contributed by atoms with Gasteiger partial charge in [-0.1, -0.05) is 12.8 Å². The van der Waals surface area contributed by atoms with Crippen molar-refractivity contribution in [1.29, 1.82) is 0 Å². The van der Waals surface area contributed by atoms with Crippen molar-refractivity contribution >= 4 is 6.29 Å². The summed E-state index contributed by atoms with van der Waals surface area (Å²) < 4.78 is 0. The first-order chi connectivity index (χ1) is 4.87. The monoisotopic (exact) mass is 138 g/mol. The molecule has 0 spiro atoms. The Labute approximate surface area is 61.8 Å². The van der Waals surface area contributed by atoms with Crippen LogP contribution in [0.1, 0.15) is 38.5 Å². The van der Waals surface area contributed by atoms with Gasteiger partial charge in [0.1, 0.15) is 6.29 Å². The molecule has 2 aliphatic rings. The minimum absolute atomic E-state index is 0.167. The normalized spacial score (nSPS) is 30.4. The molecule has 0 aromatic rings. The van der Waals surface area contributed by atoms with Gasteiger partial charge in [-0.05, 0) is 31.6 Å². The molecular weight excluding hydrogens is 124 g/mol. The summed E-state index contributed by atoms with van der Waals surface area (Å²) in [5.74, 6) is 0.785. The summed E-state index contributed by atoms with van der Waals surface area (Å²) in [6, 6.07) is 0. The predicted octanol–water partition coefficient (Wildman–Crippen LogP) is 2.16. The van der Waals surface area contributed by atoms with Crippen LogP contribution in [0.4, 0.5) is 0 Å². The molecule has 1 heteroatoms. The molecule has 0 saturated heterocycles. The first-order valence-electron chi connectivity index (χ1n) is 4.34. The predicted molar refractivity (Wildman–Crippen MR) is 39.7 cm³/mol. The zero-order chi connectivity index (χ0) is 7.03. The zero-order valence-corrected chi connectivity index (χ0v) is 6.31. The van der Waals surface area contributed by atoms with E-state index < -0.39 is 0 Å². The van der Waals surface area contributed by atoms with Gasteiger partial charge in [-0.2, -0.15) is 0 Å². The standard InChI is InChI=1S/C9H14O/c10-7-9(8-3-4-8)5-1-2-6-9/h7-8H,1-6H2. The van der Waals surface area contributed by atoms with E-state index in [0.717, 1.165) is 5.92 Å². The zero-order valence-electron chi connectivity index (χ0n) is 6.31. The SMILES string of the molecule is O=CC1(C2CC2)CCCC1. The molecule has 2 fully saturated rings. The number of hydrogen-bond donors (Lipinski definition) is 0. The number of carbonyl (C=O) groups is 1. The second-order valence-electron chi connectivity index (χ2n) is 3.83. The van der Waals surface area contributed by atoms with Crippen molar-refractivity contribution in [3.8, 4) is 0 Å². The maximum atomic E-state index is 10.8. The van der Waals surface area contributed by atoms with Gasteiger partial charge in [-0.25, -0.2) is 0 Å². The summed E-state index contributed by atoms with van der Waals surface area (Å²) in [5, 5.41) is 0. The quantitative estimate of drug-likeness (QED) is 0.534. The van der Waals surface area contributed by atoms with Gasteiger partial charge in [0.05, 0.1) is 0 Å². The van der Waals surface area contributed by atoms with Crippen molar-refractivity contribution in [2.24, 2.45) is 11.3 Å². The fraction of sp³-hybridized carbons (Fsp3) is 0.889. The summed E-state index contributed by atoms with van der Waals surface area (Å²) in [7, 11) is 0. The van der Waals surface area contributed by atoms with E-state index in [9.17, 15) is 4.79 Å². The van der Waals surface area contributed by atoms with E-state index in [1.54, 1.807) is 0 Å². The van der Waals surface area contributed by atoms with Crippen LogP contribution in [-0.2, 0) is 4.79 Å². The summed E-state index contributed by atoms with van der Waals surface area (Å²) >= 11 is 0. The molecule has 0 N–H and O–H groups in total. The molecule has 0 radical (unpaired) electrons. The summed E-state index contributed by atoms with van der Waals surface area (Å²) in [5.41, 5.74) is 0.167. The second kappa shape index (κ2) is 2.08. The molecule has 0 aliphatic heterocycles. The lowest BCUT2D eigenvalue weighted by Gasteiger charge is -2.20. The molecule has 0 aromatic heterocycles. The highest BCUT2D eigenvalue weighted by molar-refractivity contribution is 5.61. The smallest absolute Gasteiger partial charge is 0.126 e. The van der Waals surface area contributed by atoms with Gasteiger partial charge in [0, 0.05) is 5.41 Å². The van der Waals surface area contributed by atoms with Crippen LogP contribution in [-0.4, -0.2) is 6.29 Å². The minimum Gasteiger partial charge on any atom is -0.303 e. The van der Waals surface area contributed by atoms with Crippen molar-refractivity contribution < 1.29 is 4.79 Å². The third kappa shape index (κ3) is 0.799. The van der Waals surface area contributed by atoms with Crippen molar-refractivity contribution in [2.45, 2.75) is 38.5 Å². The largest absolute Gasteiger partial charge is 0.303 e. The van der Waals surface area contributed by atoms with Crippen LogP contribution in [0.25, 0.3) is 0 Å². The van der Waals surface area contributed by atoms with Crippen LogP contribution in [0.15, 0.2) is 0 Å². The van der Waals surface area contributed by atoms with Crippen LogP contribution in [0.3, 0.4) is 0 Å². The van der Waals surface area contributed by atoms with E-state index in [0.29, 0.717) is 0 Å². The van der Waals surface area contributed by atoms with Gasteiger partial charge in [-0.15, -0.1) is 0 Å². The lowest BCUT2D eigenvalue weighted by Crippen LogP contribution is -2.20. The maximum absolute atomic E-state index is 10.8. The number of rotatable bonds is 2. The Morgan fingerprint density at radius 1 is 1.20 bits per heavy atom. The number of carbonyl (C=O) groups excluding carboxylic acids is 1. The van der Waals surface area contributed by atoms with Crippen LogP contribution in [0.5, 0.6) is 0 Å². The van der Waals surface area contributed by atoms with Gasteiger partial charge < -0.3 is 4.79 Å². The van der Waals surface area contributed by atoms with Gasteiger partial charge in [0.2, 0.25) is 0 Å². The lowest BCUT2D eigenvalue weighted by atomic mass is 9.83. The summed E-state index contributed by atoms with van der Waals surface area (Å²) in [6.07, 6.45) is 8.82. The molecule has 2 aliphatic carbocycles. The Kier molecular flexibility index (Phi) is 1.33. The molecule has 0 aromatic carbocycles. The van der Waals surface area contributed by atoms with E-state index in [1.165, 1.54) is 44.8 Å². The van der Waals surface area contributed by atoms with Gasteiger partial charge in [0.15, 0.2) is 0 Å². The van der Waals surface area contributed by atoms with Gasteiger partial charge in [-0.3, -0.25) is 0 Å². The first kappa shape index (κ1) is 6.38. The van der Waals surface area contributed by atoms with E-state index in [4.69, 9.17) is 0 Å². The van der Waals surface area contributed by atoms with Gasteiger partial charge >= 0.3 is 0 Å². The molecule has 10 heavy (non-hydrogen) atoms. The third-order valence-corrected chi connectivity index (χ3v) is 3.16. The lowest BCUT2D eigenvalue weighted by molar-refractivity contribution is -0.117. The number of hydrogen-bond acceptors (Lipinski definition) is 1. The highest BCUT2D eigenvalue weighted by Gasteiger charge is 2.46. The Bertz CT molecular complexity index is 141. The third-order valence-electron chi connectivity index (χ3n) is 3.16. The molecule has 0 unspecified atom stereocenters. The minimum atomic E-state index is 0.167. The Balaban J connectivity index is 2.11. The molecule has 0 atom stereocenters. The van der Waals surface area contributed by atoms with Crippen LogP contribution in [0, 0.1) is 11.3 Å². The molecule has 2 saturated carbocycles. The van der Waals surface area contributed by atoms with Crippen molar-refractivity contribution in [2.75, 3.05) is 0 Å². The van der Waals surface area contributed by atoms with E-state index in [2.05, 4.69) is 0 Å². The van der Waals surface area contributed by atoms with Crippen LogP contribution < -0.4 is 0 Å². The van der Waals surface area contributed by atoms with Crippen LogP contribution >= 0.6 is 0 Å². The Hall–Kier alpha value is -0.330. The molecule has 1 nitrogen and oxygen atoms in total. The molecular formula is C9H14O. The average molecular weight is 138 g/mol. The molecule has 2 rings (SSSR count). The van der Waals surface area contributed by atoms with E-state index >= 15 is 0 Å². The molecule has 0 amide bonds. The Morgan fingerprint density at radius 3 is 2.20 bits per heavy atom. The fourth-order valence-corrected chi connectivity index (χ4v) is 2.31. The van der Waals surface area contributed by atoms with E-state index in [-0.39, 0.29) is 5.41 Å². The summed E-state index contributed by atoms with van der Waals surface area (Å²) in [6.45, 7) is 0. The topological polar surface area (TPSA) is 17.1 Å². The fourth-order valence-electron chi connectivity index (χ4n) is 2.31. The molecule has 56 valence electrons. The van der Waals surface area contributed by atoms with Crippen molar-refractivity contribution in [3.63, 3.8) is 0 Å². The number of aldehydes is 1. The van der Waals surface area contributed by atoms with Crippen LogP contribution in [0.2, 0.25) is 0 Å². The van der Waals surface area contributed by atoms with Crippen molar-refractivity contribution in [3.05, 3.63) is 0 Å². The highest BCUT2D eigenvalue weighted by Crippen LogP contribution is 2.53. The second-order valence-corrected chi connectivity index (χ2v) is 3.83. The average Bonchev–Trinajstić information content (AvgIpc) is 2.71. The molecule has 0 heterocycles. The van der Waals surface area contributed by atoms with E-state index in [1.807, 2.05) is 0 Å².